The number of hydrogen-bond donors (Lipinski definition) is 2. The highest BCUT2D eigenvalue weighted by Crippen LogP contribution is 2.37. The summed E-state index contributed by atoms with van der Waals surface area (Å²) in [6, 6.07) is 13.4. The minimum absolute atomic E-state index is 0.0526. The molecule has 0 radical (unpaired) electrons. The summed E-state index contributed by atoms with van der Waals surface area (Å²) in [7, 11) is 0. The molecule has 1 aliphatic carbocycles. The van der Waals surface area contributed by atoms with Crippen LogP contribution in [0.2, 0.25) is 0 Å². The van der Waals surface area contributed by atoms with E-state index < -0.39 is 0 Å². The second-order valence-electron chi connectivity index (χ2n) is 7.36. The van der Waals surface area contributed by atoms with Crippen molar-refractivity contribution >= 4 is 22.4 Å². The van der Waals surface area contributed by atoms with Crippen molar-refractivity contribution in [1.29, 1.82) is 0 Å². The first-order valence-electron chi connectivity index (χ1n) is 9.71. The molecule has 0 bridgehead atoms. The monoisotopic (exact) mass is 409 g/mol. The number of anilines is 1. The summed E-state index contributed by atoms with van der Waals surface area (Å²) in [6.45, 7) is 4.11. The average molecular weight is 410 g/mol. The predicted octanol–water partition coefficient (Wildman–Crippen LogP) is 3.31. The van der Waals surface area contributed by atoms with Crippen LogP contribution in [-0.2, 0) is 4.79 Å². The van der Waals surface area contributed by atoms with E-state index in [-0.39, 0.29) is 24.1 Å². The number of rotatable bonds is 7. The van der Waals surface area contributed by atoms with Crippen molar-refractivity contribution < 1.29 is 4.79 Å². The molecule has 0 aliphatic heterocycles. The first-order chi connectivity index (χ1) is 14.0. The Morgan fingerprint density at radius 3 is 2.66 bits per heavy atom. The van der Waals surface area contributed by atoms with E-state index in [0.29, 0.717) is 16.9 Å². The van der Waals surface area contributed by atoms with Crippen molar-refractivity contribution in [2.45, 2.75) is 38.8 Å². The SMILES string of the molecule is CC(C)n1nc(-c2sc(NC(=O)CNC3CC3)nc2-c2ccccc2)ccc1=O. The number of thiazole rings is 1. The van der Waals surface area contributed by atoms with E-state index in [1.54, 1.807) is 6.07 Å². The van der Waals surface area contributed by atoms with E-state index in [0.717, 1.165) is 29.0 Å². The Morgan fingerprint density at radius 2 is 1.97 bits per heavy atom. The maximum absolute atomic E-state index is 12.3. The molecule has 150 valence electrons. The highest BCUT2D eigenvalue weighted by molar-refractivity contribution is 7.19. The van der Waals surface area contributed by atoms with Gasteiger partial charge in [0.15, 0.2) is 5.13 Å². The largest absolute Gasteiger partial charge is 0.306 e. The smallest absolute Gasteiger partial charge is 0.267 e. The summed E-state index contributed by atoms with van der Waals surface area (Å²) in [6.07, 6.45) is 2.26. The van der Waals surface area contributed by atoms with Gasteiger partial charge in [0, 0.05) is 17.7 Å². The van der Waals surface area contributed by atoms with Crippen molar-refractivity contribution in [2.24, 2.45) is 0 Å². The zero-order valence-corrected chi connectivity index (χ0v) is 17.2. The van der Waals surface area contributed by atoms with Crippen molar-refractivity contribution in [1.82, 2.24) is 20.1 Å². The molecule has 2 heterocycles. The molecule has 1 amide bonds. The first kappa shape index (κ1) is 19.5. The van der Waals surface area contributed by atoms with Gasteiger partial charge >= 0.3 is 0 Å². The van der Waals surface area contributed by atoms with Crippen LogP contribution in [0.5, 0.6) is 0 Å². The van der Waals surface area contributed by atoms with Gasteiger partial charge in [0.25, 0.3) is 5.56 Å². The molecule has 4 rings (SSSR count). The fourth-order valence-electron chi connectivity index (χ4n) is 2.94. The molecule has 1 aromatic carbocycles. The molecule has 1 aliphatic rings. The van der Waals surface area contributed by atoms with Crippen LogP contribution in [0.4, 0.5) is 5.13 Å². The molecule has 2 aromatic heterocycles. The third-order valence-corrected chi connectivity index (χ3v) is 5.59. The predicted molar refractivity (Wildman–Crippen MR) is 115 cm³/mol. The number of aromatic nitrogens is 3. The van der Waals surface area contributed by atoms with Crippen molar-refractivity contribution in [3.05, 3.63) is 52.8 Å². The van der Waals surface area contributed by atoms with Crippen LogP contribution in [0.25, 0.3) is 21.8 Å². The van der Waals surface area contributed by atoms with Gasteiger partial charge in [-0.05, 0) is 32.8 Å². The molecule has 0 spiro atoms. The molecule has 0 saturated heterocycles. The van der Waals surface area contributed by atoms with Gasteiger partial charge in [0.2, 0.25) is 5.91 Å². The van der Waals surface area contributed by atoms with Gasteiger partial charge in [-0.1, -0.05) is 41.7 Å². The molecule has 0 unspecified atom stereocenters. The van der Waals surface area contributed by atoms with E-state index in [1.807, 2.05) is 44.2 Å². The lowest BCUT2D eigenvalue weighted by Gasteiger charge is -2.09. The molecule has 29 heavy (non-hydrogen) atoms. The van der Waals surface area contributed by atoms with E-state index in [9.17, 15) is 9.59 Å². The van der Waals surface area contributed by atoms with Gasteiger partial charge in [-0.3, -0.25) is 9.59 Å². The lowest BCUT2D eigenvalue weighted by Crippen LogP contribution is -2.29. The Labute approximate surface area is 172 Å². The maximum atomic E-state index is 12.3. The summed E-state index contributed by atoms with van der Waals surface area (Å²) in [5, 5.41) is 11.1. The van der Waals surface area contributed by atoms with E-state index >= 15 is 0 Å². The Hall–Kier alpha value is -2.84. The number of nitrogens with zero attached hydrogens (tertiary/aromatic N) is 3. The lowest BCUT2D eigenvalue weighted by atomic mass is 10.1. The van der Waals surface area contributed by atoms with Crippen LogP contribution in [0.1, 0.15) is 32.7 Å². The lowest BCUT2D eigenvalue weighted by molar-refractivity contribution is -0.115. The second kappa shape index (κ2) is 8.26. The quantitative estimate of drug-likeness (QED) is 0.625. The van der Waals surface area contributed by atoms with Crippen molar-refractivity contribution in [2.75, 3.05) is 11.9 Å². The van der Waals surface area contributed by atoms with E-state index in [2.05, 4.69) is 20.7 Å². The number of carbonyl (C=O) groups excluding carboxylic acids is 1. The fraction of sp³-hybridized carbons (Fsp3) is 0.333. The van der Waals surface area contributed by atoms with Crippen LogP contribution < -0.4 is 16.2 Å². The van der Waals surface area contributed by atoms with Crippen LogP contribution in [0, 0.1) is 0 Å². The topological polar surface area (TPSA) is 88.9 Å². The number of benzene rings is 1. The zero-order valence-electron chi connectivity index (χ0n) is 16.4. The minimum atomic E-state index is -0.144. The zero-order chi connectivity index (χ0) is 20.4. The number of hydrogen-bond acceptors (Lipinski definition) is 6. The van der Waals surface area contributed by atoms with Gasteiger partial charge in [-0.25, -0.2) is 9.67 Å². The Bertz CT molecular complexity index is 1070. The molecule has 1 saturated carbocycles. The summed E-state index contributed by atoms with van der Waals surface area (Å²) in [5.41, 5.74) is 2.18. The third kappa shape index (κ3) is 4.60. The normalized spacial score (nSPS) is 13.6. The maximum Gasteiger partial charge on any atom is 0.267 e. The number of amides is 1. The summed E-state index contributed by atoms with van der Waals surface area (Å²) < 4.78 is 1.46. The van der Waals surface area contributed by atoms with Gasteiger partial charge in [-0.2, -0.15) is 5.10 Å². The molecule has 0 atom stereocenters. The summed E-state index contributed by atoms with van der Waals surface area (Å²) in [5.74, 6) is -0.114. The van der Waals surface area contributed by atoms with Crippen LogP contribution in [0.3, 0.4) is 0 Å². The molecule has 2 N–H and O–H groups in total. The van der Waals surface area contributed by atoms with Crippen molar-refractivity contribution in [3.8, 4) is 21.8 Å². The van der Waals surface area contributed by atoms with Crippen molar-refractivity contribution in [3.63, 3.8) is 0 Å². The number of carbonyl (C=O) groups is 1. The fourth-order valence-corrected chi connectivity index (χ4v) is 3.91. The van der Waals surface area contributed by atoms with E-state index in [1.165, 1.54) is 22.1 Å². The van der Waals surface area contributed by atoms with Gasteiger partial charge in [0.1, 0.15) is 5.69 Å². The van der Waals surface area contributed by atoms with Gasteiger partial charge in [0.05, 0.1) is 23.2 Å². The Morgan fingerprint density at radius 1 is 1.21 bits per heavy atom. The van der Waals surface area contributed by atoms with E-state index in [4.69, 9.17) is 0 Å². The molecule has 8 heteroatoms. The van der Waals surface area contributed by atoms with Crippen LogP contribution in [-0.4, -0.2) is 33.3 Å². The van der Waals surface area contributed by atoms with Crippen LogP contribution >= 0.6 is 11.3 Å². The molecule has 3 aromatic rings. The Kier molecular flexibility index (Phi) is 5.55. The molecule has 1 fully saturated rings. The highest BCUT2D eigenvalue weighted by Gasteiger charge is 2.22. The molecule has 7 nitrogen and oxygen atoms in total. The van der Waals surface area contributed by atoms with Crippen LogP contribution in [0.15, 0.2) is 47.3 Å². The van der Waals surface area contributed by atoms with Gasteiger partial charge in [-0.15, -0.1) is 0 Å². The standard InChI is InChI=1S/C21H23N5O2S/c1-13(2)26-18(28)11-10-16(25-26)20-19(14-6-4-3-5-7-14)24-21(29-20)23-17(27)12-22-15-8-9-15/h3-7,10-11,13,15,22H,8-9,12H2,1-2H3,(H,23,24,27). The second-order valence-corrected chi connectivity index (χ2v) is 8.36. The summed E-state index contributed by atoms with van der Waals surface area (Å²) in [4.78, 5) is 29.8. The average Bonchev–Trinajstić information content (AvgIpc) is 3.46. The molecular formula is C21H23N5O2S. The molecular weight excluding hydrogens is 386 g/mol. The van der Waals surface area contributed by atoms with Gasteiger partial charge < -0.3 is 10.6 Å². The minimum Gasteiger partial charge on any atom is -0.306 e. The Balaban J connectivity index is 1.69. The third-order valence-electron chi connectivity index (χ3n) is 4.60. The number of nitrogens with one attached hydrogen (secondary N) is 2. The summed E-state index contributed by atoms with van der Waals surface area (Å²) >= 11 is 1.36. The first-order valence-corrected chi connectivity index (χ1v) is 10.5. The highest BCUT2D eigenvalue weighted by atomic mass is 32.1.